The summed E-state index contributed by atoms with van der Waals surface area (Å²) < 4.78 is 20.1. The highest BCUT2D eigenvalue weighted by Gasteiger charge is 2.12. The van der Waals surface area contributed by atoms with Gasteiger partial charge in [0.05, 0.1) is 28.4 Å². The molecule has 1 aromatic rings. The second-order valence-electron chi connectivity index (χ2n) is 7.13. The molecule has 0 fully saturated rings. The Labute approximate surface area is 185 Å². The van der Waals surface area contributed by atoms with Gasteiger partial charge in [0, 0.05) is 18.4 Å². The lowest BCUT2D eigenvalue weighted by atomic mass is 9.99. The summed E-state index contributed by atoms with van der Waals surface area (Å²) in [5, 5.41) is 0. The first-order chi connectivity index (χ1) is 14.7. The van der Waals surface area contributed by atoms with Gasteiger partial charge in [-0.2, -0.15) is 0 Å². The molecule has 0 saturated carbocycles. The number of carbonyl (C=O) groups excluding carboxylic acids is 3. The third-order valence-electron chi connectivity index (χ3n) is 4.66. The molecule has 31 heavy (non-hydrogen) atoms. The normalized spacial score (nSPS) is 11.2. The molecule has 0 spiro atoms. The summed E-state index contributed by atoms with van der Waals surface area (Å²) in [5.41, 5.74) is 0.745. The van der Waals surface area contributed by atoms with Gasteiger partial charge in [0.1, 0.15) is 11.6 Å². The predicted octanol–water partition coefficient (Wildman–Crippen LogP) is 4.65. The SMILES string of the molecule is CC(=O)CCCCCC(C)C(C)=O.COC(=O)C=Cc1cc(OC)c(OC)c(OC)c1. The van der Waals surface area contributed by atoms with E-state index in [9.17, 15) is 14.4 Å². The first-order valence-electron chi connectivity index (χ1n) is 10.3. The minimum absolute atomic E-state index is 0.192. The Hall–Kier alpha value is -2.83. The molecule has 1 aromatic carbocycles. The Balaban J connectivity index is 0.000000615. The van der Waals surface area contributed by atoms with Gasteiger partial charge < -0.3 is 23.7 Å². The van der Waals surface area contributed by atoms with Crippen LogP contribution in [0.4, 0.5) is 0 Å². The van der Waals surface area contributed by atoms with E-state index in [1.54, 1.807) is 32.1 Å². The van der Waals surface area contributed by atoms with Gasteiger partial charge in [-0.3, -0.25) is 4.79 Å². The van der Waals surface area contributed by atoms with Crippen molar-refractivity contribution in [3.8, 4) is 17.2 Å². The number of hydrogen-bond acceptors (Lipinski definition) is 7. The number of unbranched alkanes of at least 4 members (excludes halogenated alkanes) is 2. The van der Waals surface area contributed by atoms with Crippen LogP contribution in [0.1, 0.15) is 58.4 Å². The van der Waals surface area contributed by atoms with Crippen molar-refractivity contribution >= 4 is 23.6 Å². The molecule has 0 saturated heterocycles. The van der Waals surface area contributed by atoms with Crippen molar-refractivity contribution in [1.82, 2.24) is 0 Å². The number of ether oxygens (including phenoxy) is 4. The summed E-state index contributed by atoms with van der Waals surface area (Å²) in [6.45, 7) is 5.23. The van der Waals surface area contributed by atoms with Crippen molar-refractivity contribution in [3.63, 3.8) is 0 Å². The molecule has 7 heteroatoms. The molecule has 1 unspecified atom stereocenters. The zero-order valence-corrected chi connectivity index (χ0v) is 19.8. The third-order valence-corrected chi connectivity index (χ3v) is 4.66. The van der Waals surface area contributed by atoms with Crippen LogP contribution in [-0.2, 0) is 19.1 Å². The Morgan fingerprint density at radius 1 is 0.903 bits per heavy atom. The highest BCUT2D eigenvalue weighted by Crippen LogP contribution is 2.38. The van der Waals surface area contributed by atoms with Crippen molar-refractivity contribution in [2.24, 2.45) is 5.92 Å². The predicted molar refractivity (Wildman–Crippen MR) is 121 cm³/mol. The number of methoxy groups -OCH3 is 4. The second-order valence-corrected chi connectivity index (χ2v) is 7.13. The zero-order chi connectivity index (χ0) is 23.8. The fourth-order valence-corrected chi connectivity index (χ4v) is 2.63. The molecule has 0 amide bonds. The number of rotatable bonds is 12. The summed E-state index contributed by atoms with van der Waals surface area (Å²) >= 11 is 0. The quantitative estimate of drug-likeness (QED) is 0.268. The van der Waals surface area contributed by atoms with Crippen molar-refractivity contribution in [2.45, 2.75) is 52.9 Å². The van der Waals surface area contributed by atoms with Gasteiger partial charge in [-0.05, 0) is 50.5 Å². The van der Waals surface area contributed by atoms with Crippen LogP contribution in [0.15, 0.2) is 18.2 Å². The van der Waals surface area contributed by atoms with Crippen molar-refractivity contribution in [3.05, 3.63) is 23.8 Å². The number of benzene rings is 1. The van der Waals surface area contributed by atoms with E-state index < -0.39 is 5.97 Å². The van der Waals surface area contributed by atoms with Crippen molar-refractivity contribution in [1.29, 1.82) is 0 Å². The van der Waals surface area contributed by atoms with Crippen LogP contribution >= 0.6 is 0 Å². The summed E-state index contributed by atoms with van der Waals surface area (Å²) in [6, 6.07) is 3.47. The maximum atomic E-state index is 11.0. The van der Waals surface area contributed by atoms with E-state index in [1.807, 2.05) is 6.92 Å². The summed E-state index contributed by atoms with van der Waals surface area (Å²) in [6.07, 6.45) is 7.68. The molecule has 1 rings (SSSR count). The van der Waals surface area contributed by atoms with Crippen LogP contribution < -0.4 is 14.2 Å². The molecule has 0 N–H and O–H groups in total. The average molecular weight is 437 g/mol. The molecule has 7 nitrogen and oxygen atoms in total. The van der Waals surface area contributed by atoms with Crippen LogP contribution in [0.3, 0.4) is 0 Å². The first-order valence-corrected chi connectivity index (χ1v) is 10.3. The molecule has 0 aliphatic carbocycles. The fourth-order valence-electron chi connectivity index (χ4n) is 2.63. The average Bonchev–Trinajstić information content (AvgIpc) is 2.76. The number of esters is 1. The number of carbonyl (C=O) groups is 3. The fraction of sp³-hybridized carbons (Fsp3) is 0.542. The summed E-state index contributed by atoms with van der Waals surface area (Å²) in [7, 11) is 5.92. The Kier molecular flexibility index (Phi) is 14.5. The maximum absolute atomic E-state index is 11.0. The zero-order valence-electron chi connectivity index (χ0n) is 19.8. The summed E-state index contributed by atoms with van der Waals surface area (Å²) in [5.74, 6) is 1.87. The van der Waals surface area contributed by atoms with Crippen molar-refractivity contribution < 1.29 is 33.3 Å². The first kappa shape index (κ1) is 28.2. The molecule has 0 bridgehead atoms. The monoisotopic (exact) mass is 436 g/mol. The van der Waals surface area contributed by atoms with Crippen LogP contribution in [0.5, 0.6) is 17.2 Å². The van der Waals surface area contributed by atoms with Crippen LogP contribution in [0, 0.1) is 5.92 Å². The van der Waals surface area contributed by atoms with Gasteiger partial charge in [-0.25, -0.2) is 4.79 Å². The van der Waals surface area contributed by atoms with Gasteiger partial charge in [-0.15, -0.1) is 0 Å². The minimum atomic E-state index is -0.427. The number of hydrogen-bond donors (Lipinski definition) is 0. The van der Waals surface area contributed by atoms with Gasteiger partial charge in [0.25, 0.3) is 0 Å². The van der Waals surface area contributed by atoms with Crippen LogP contribution in [0.25, 0.3) is 6.08 Å². The van der Waals surface area contributed by atoms with E-state index in [4.69, 9.17) is 14.2 Å². The molecule has 174 valence electrons. The third kappa shape index (κ3) is 11.8. The minimum Gasteiger partial charge on any atom is -0.493 e. The molecule has 0 heterocycles. The van der Waals surface area contributed by atoms with E-state index in [0.29, 0.717) is 23.7 Å². The number of ketones is 2. The van der Waals surface area contributed by atoms with E-state index in [-0.39, 0.29) is 17.5 Å². The standard InChI is InChI=1S/C13H16O5.C11H20O2/c1-15-10-7-9(5-6-12(14)17-3)8-11(16-2)13(10)18-4;1-9(11(3)13)7-5-4-6-8-10(2)12/h5-8H,1-4H3;9H,4-8H2,1-3H3. The topological polar surface area (TPSA) is 88.1 Å². The smallest absolute Gasteiger partial charge is 0.330 e. The van der Waals surface area contributed by atoms with E-state index in [0.717, 1.165) is 31.2 Å². The Morgan fingerprint density at radius 2 is 1.48 bits per heavy atom. The Bertz CT molecular complexity index is 712. The van der Waals surface area contributed by atoms with Crippen LogP contribution in [0.2, 0.25) is 0 Å². The molecule has 0 radical (unpaired) electrons. The van der Waals surface area contributed by atoms with E-state index in [2.05, 4.69) is 4.74 Å². The van der Waals surface area contributed by atoms with E-state index >= 15 is 0 Å². The lowest BCUT2D eigenvalue weighted by Gasteiger charge is -2.12. The largest absolute Gasteiger partial charge is 0.493 e. The number of Topliss-reactive ketones (excluding diaryl/α,β-unsaturated/α-hetero) is 2. The van der Waals surface area contributed by atoms with Gasteiger partial charge >= 0.3 is 5.97 Å². The molecule has 0 aromatic heterocycles. The lowest BCUT2D eigenvalue weighted by Crippen LogP contribution is -2.05. The summed E-state index contributed by atoms with van der Waals surface area (Å²) in [4.78, 5) is 32.5. The van der Waals surface area contributed by atoms with Crippen molar-refractivity contribution in [2.75, 3.05) is 28.4 Å². The second kappa shape index (κ2) is 15.9. The highest BCUT2D eigenvalue weighted by atomic mass is 16.5. The van der Waals surface area contributed by atoms with Gasteiger partial charge in [0.15, 0.2) is 11.5 Å². The molecule has 0 aliphatic heterocycles. The van der Waals surface area contributed by atoms with E-state index in [1.165, 1.54) is 34.5 Å². The van der Waals surface area contributed by atoms with Crippen LogP contribution in [-0.4, -0.2) is 46.0 Å². The lowest BCUT2D eigenvalue weighted by molar-refractivity contribution is -0.134. The Morgan fingerprint density at radius 3 is 1.90 bits per heavy atom. The maximum Gasteiger partial charge on any atom is 0.330 e. The highest BCUT2D eigenvalue weighted by molar-refractivity contribution is 5.87. The van der Waals surface area contributed by atoms with Gasteiger partial charge in [0.2, 0.25) is 5.75 Å². The molecular weight excluding hydrogens is 400 g/mol. The molecule has 0 aliphatic rings. The van der Waals surface area contributed by atoms with Gasteiger partial charge in [-0.1, -0.05) is 19.8 Å². The molecular formula is C24H36O7. The molecule has 1 atom stereocenters.